The number of anilines is 1. The Labute approximate surface area is 151 Å². The van der Waals surface area contributed by atoms with Crippen LogP contribution in [0.2, 0.25) is 0 Å². The number of aromatic nitrogens is 1. The van der Waals surface area contributed by atoms with Gasteiger partial charge in [0.05, 0.1) is 20.6 Å². The fourth-order valence-electron chi connectivity index (χ4n) is 3.04. The summed E-state index contributed by atoms with van der Waals surface area (Å²) in [6, 6.07) is 5.80. The van der Waals surface area contributed by atoms with Gasteiger partial charge >= 0.3 is 0 Å². The third-order valence-electron chi connectivity index (χ3n) is 4.36. The number of amides is 1. The number of hydrogen-bond donors (Lipinski definition) is 1. The Morgan fingerprint density at radius 2 is 2.04 bits per heavy atom. The molecule has 0 spiro atoms. The van der Waals surface area contributed by atoms with E-state index in [1.165, 1.54) is 0 Å². The normalized spacial score (nSPS) is 15.0. The van der Waals surface area contributed by atoms with Crippen molar-refractivity contribution in [2.75, 3.05) is 32.2 Å². The number of thiazole rings is 1. The molecule has 2 heterocycles. The highest BCUT2D eigenvalue weighted by molar-refractivity contribution is 7.13. The summed E-state index contributed by atoms with van der Waals surface area (Å²) in [6.07, 6.45) is 4.05. The van der Waals surface area contributed by atoms with Crippen molar-refractivity contribution >= 4 is 22.4 Å². The van der Waals surface area contributed by atoms with E-state index in [1.807, 2.05) is 29.8 Å². The Bertz CT molecular complexity index is 698. The second kappa shape index (κ2) is 8.20. The number of piperidine rings is 1. The molecule has 1 aliphatic rings. The van der Waals surface area contributed by atoms with E-state index in [9.17, 15) is 4.79 Å². The summed E-state index contributed by atoms with van der Waals surface area (Å²) in [7, 11) is 3.19. The summed E-state index contributed by atoms with van der Waals surface area (Å²) in [5.41, 5.74) is 0.912. The molecule has 6 nitrogen and oxygen atoms in total. The van der Waals surface area contributed by atoms with Gasteiger partial charge in [-0.15, -0.1) is 11.3 Å². The Balaban J connectivity index is 1.50. The van der Waals surface area contributed by atoms with Crippen LogP contribution in [0.25, 0.3) is 0 Å². The molecular formula is C18H23N3O3S. The topological polar surface area (TPSA) is 63.7 Å². The van der Waals surface area contributed by atoms with Crippen molar-refractivity contribution in [1.82, 2.24) is 10.3 Å². The van der Waals surface area contributed by atoms with Gasteiger partial charge < -0.3 is 19.7 Å². The number of ether oxygens (including phenoxy) is 2. The van der Waals surface area contributed by atoms with Gasteiger partial charge in [-0.1, -0.05) is 6.07 Å². The molecule has 1 saturated heterocycles. The van der Waals surface area contributed by atoms with Crippen molar-refractivity contribution in [3.05, 3.63) is 35.3 Å². The lowest BCUT2D eigenvalue weighted by Gasteiger charge is -2.32. The van der Waals surface area contributed by atoms with Gasteiger partial charge in [0, 0.05) is 30.7 Å². The van der Waals surface area contributed by atoms with E-state index >= 15 is 0 Å². The van der Waals surface area contributed by atoms with Gasteiger partial charge in [-0.2, -0.15) is 0 Å². The Morgan fingerprint density at radius 1 is 1.28 bits per heavy atom. The van der Waals surface area contributed by atoms with Crippen LogP contribution in [0.5, 0.6) is 11.5 Å². The third kappa shape index (κ3) is 4.42. The highest BCUT2D eigenvalue weighted by atomic mass is 32.1. The molecule has 1 aliphatic heterocycles. The second-order valence-electron chi connectivity index (χ2n) is 6.01. The maximum atomic E-state index is 12.3. The lowest BCUT2D eigenvalue weighted by molar-refractivity contribution is -0.121. The van der Waals surface area contributed by atoms with Crippen LogP contribution in [0.1, 0.15) is 18.4 Å². The molecule has 1 fully saturated rings. The lowest BCUT2D eigenvalue weighted by atomic mass is 10.0. The number of nitrogens with one attached hydrogen (secondary N) is 1. The molecule has 0 unspecified atom stereocenters. The van der Waals surface area contributed by atoms with Gasteiger partial charge in [-0.3, -0.25) is 4.79 Å². The van der Waals surface area contributed by atoms with E-state index in [-0.39, 0.29) is 11.9 Å². The number of carbonyl (C=O) groups is 1. The first-order chi connectivity index (χ1) is 12.2. The third-order valence-corrected chi connectivity index (χ3v) is 5.19. The van der Waals surface area contributed by atoms with Crippen molar-refractivity contribution in [1.29, 1.82) is 0 Å². The molecule has 3 rings (SSSR count). The average molecular weight is 361 g/mol. The van der Waals surface area contributed by atoms with Gasteiger partial charge in [0.1, 0.15) is 0 Å². The Kier molecular flexibility index (Phi) is 5.75. The van der Waals surface area contributed by atoms with Crippen molar-refractivity contribution < 1.29 is 14.3 Å². The quantitative estimate of drug-likeness (QED) is 0.856. The molecule has 7 heteroatoms. The summed E-state index contributed by atoms with van der Waals surface area (Å²) in [4.78, 5) is 19.0. The second-order valence-corrected chi connectivity index (χ2v) is 6.88. The molecule has 0 atom stereocenters. The van der Waals surface area contributed by atoms with Crippen LogP contribution < -0.4 is 19.7 Å². The molecule has 1 amide bonds. The Hall–Kier alpha value is -2.28. The molecule has 134 valence electrons. The molecule has 0 aliphatic carbocycles. The van der Waals surface area contributed by atoms with Crippen molar-refractivity contribution in [2.45, 2.75) is 25.3 Å². The molecule has 0 radical (unpaired) electrons. The van der Waals surface area contributed by atoms with Gasteiger partial charge in [0.25, 0.3) is 0 Å². The highest BCUT2D eigenvalue weighted by Gasteiger charge is 2.22. The van der Waals surface area contributed by atoms with Gasteiger partial charge in [0.2, 0.25) is 5.91 Å². The van der Waals surface area contributed by atoms with Gasteiger partial charge in [-0.25, -0.2) is 4.98 Å². The van der Waals surface area contributed by atoms with Crippen LogP contribution in [0, 0.1) is 0 Å². The summed E-state index contributed by atoms with van der Waals surface area (Å²) in [6.45, 7) is 1.85. The highest BCUT2D eigenvalue weighted by Crippen LogP contribution is 2.27. The predicted molar refractivity (Wildman–Crippen MR) is 98.7 cm³/mol. The summed E-state index contributed by atoms with van der Waals surface area (Å²) >= 11 is 1.66. The number of rotatable bonds is 6. The lowest BCUT2D eigenvalue weighted by Crippen LogP contribution is -2.45. The first kappa shape index (κ1) is 17.5. The fraction of sp³-hybridized carbons (Fsp3) is 0.444. The van der Waals surface area contributed by atoms with E-state index in [2.05, 4.69) is 15.2 Å². The molecular weight excluding hydrogens is 338 g/mol. The minimum Gasteiger partial charge on any atom is -0.493 e. The maximum absolute atomic E-state index is 12.3. The van der Waals surface area contributed by atoms with Crippen LogP contribution in [0.4, 0.5) is 5.13 Å². The molecule has 1 N–H and O–H groups in total. The van der Waals surface area contributed by atoms with E-state index in [1.54, 1.807) is 25.6 Å². The first-order valence-electron chi connectivity index (χ1n) is 8.34. The summed E-state index contributed by atoms with van der Waals surface area (Å²) < 4.78 is 10.5. The number of benzene rings is 1. The standard InChI is InChI=1S/C18H23N3O3S/c1-23-15-4-3-13(11-16(15)24-2)12-17(22)20-14-5-8-21(9-6-14)18-19-7-10-25-18/h3-4,7,10-11,14H,5-6,8-9,12H2,1-2H3,(H,20,22). The van der Waals surface area contributed by atoms with Crippen molar-refractivity contribution in [3.8, 4) is 11.5 Å². The van der Waals surface area contributed by atoms with Crippen LogP contribution >= 0.6 is 11.3 Å². The molecule has 0 saturated carbocycles. The van der Waals surface area contributed by atoms with Gasteiger partial charge in [-0.05, 0) is 30.5 Å². The smallest absolute Gasteiger partial charge is 0.224 e. The number of methoxy groups -OCH3 is 2. The molecule has 0 bridgehead atoms. The zero-order chi connectivity index (χ0) is 17.6. The average Bonchev–Trinajstić information content (AvgIpc) is 3.17. The Morgan fingerprint density at radius 3 is 2.68 bits per heavy atom. The largest absolute Gasteiger partial charge is 0.493 e. The SMILES string of the molecule is COc1ccc(CC(=O)NC2CCN(c3nccs3)CC2)cc1OC. The summed E-state index contributed by atoms with van der Waals surface area (Å²) in [5, 5.41) is 6.20. The fourth-order valence-corrected chi connectivity index (χ4v) is 3.74. The maximum Gasteiger partial charge on any atom is 0.224 e. The minimum atomic E-state index is 0.0416. The van der Waals surface area contributed by atoms with Gasteiger partial charge in [0.15, 0.2) is 16.6 Å². The molecule has 25 heavy (non-hydrogen) atoms. The molecule has 2 aromatic rings. The van der Waals surface area contributed by atoms with Crippen LogP contribution in [-0.4, -0.2) is 44.2 Å². The van der Waals surface area contributed by atoms with Crippen molar-refractivity contribution in [2.24, 2.45) is 0 Å². The zero-order valence-electron chi connectivity index (χ0n) is 14.5. The molecule has 1 aromatic carbocycles. The predicted octanol–water partition coefficient (Wildman–Crippen LogP) is 2.49. The zero-order valence-corrected chi connectivity index (χ0v) is 15.3. The van der Waals surface area contributed by atoms with E-state index in [0.29, 0.717) is 17.9 Å². The minimum absolute atomic E-state index is 0.0416. The van der Waals surface area contributed by atoms with E-state index < -0.39 is 0 Å². The van der Waals surface area contributed by atoms with Crippen LogP contribution in [0.3, 0.4) is 0 Å². The number of hydrogen-bond acceptors (Lipinski definition) is 6. The summed E-state index contributed by atoms with van der Waals surface area (Å²) in [5.74, 6) is 1.35. The molecule has 1 aromatic heterocycles. The van der Waals surface area contributed by atoms with Crippen molar-refractivity contribution in [3.63, 3.8) is 0 Å². The van der Waals surface area contributed by atoms with E-state index in [4.69, 9.17) is 9.47 Å². The first-order valence-corrected chi connectivity index (χ1v) is 9.22. The number of carbonyl (C=O) groups excluding carboxylic acids is 1. The monoisotopic (exact) mass is 361 g/mol. The van der Waals surface area contributed by atoms with E-state index in [0.717, 1.165) is 36.6 Å². The van der Waals surface area contributed by atoms with Crippen LogP contribution in [-0.2, 0) is 11.2 Å². The number of nitrogens with zero attached hydrogens (tertiary/aromatic N) is 2. The van der Waals surface area contributed by atoms with Crippen LogP contribution in [0.15, 0.2) is 29.8 Å².